The molecule has 5 nitrogen and oxygen atoms in total. The molecule has 0 amide bonds. The molecule has 0 aliphatic carbocycles. The minimum atomic E-state index is -1.03. The van der Waals surface area contributed by atoms with Crippen LogP contribution in [-0.2, 0) is 7.05 Å². The van der Waals surface area contributed by atoms with Crippen molar-refractivity contribution >= 4 is 5.97 Å². The average Bonchev–Trinajstić information content (AvgIpc) is 2.73. The standard InChI is InChI=1S/C13H11N3O2/c1-9-5-11(13(17)18)12(14-6-9)4-3-10-7-15-16(2)8-10/h5-8H,1-2H3,(H,17,18). The van der Waals surface area contributed by atoms with Crippen LogP contribution in [0.25, 0.3) is 0 Å². The Kier molecular flexibility index (Phi) is 3.11. The molecule has 0 unspecified atom stereocenters. The number of nitrogens with zero attached hydrogens (tertiary/aromatic N) is 3. The molecule has 0 fully saturated rings. The predicted octanol–water partition coefficient (Wildman–Crippen LogP) is 1.22. The van der Waals surface area contributed by atoms with Crippen LogP contribution in [0.3, 0.4) is 0 Å². The molecule has 0 aliphatic heterocycles. The number of aryl methyl sites for hydroxylation is 2. The number of carbonyl (C=O) groups is 1. The summed E-state index contributed by atoms with van der Waals surface area (Å²) < 4.78 is 1.63. The predicted molar refractivity (Wildman–Crippen MR) is 65.1 cm³/mol. The molecule has 0 radical (unpaired) electrons. The SMILES string of the molecule is Cc1cnc(C#Cc2cnn(C)c2)c(C(=O)O)c1. The summed E-state index contributed by atoms with van der Waals surface area (Å²) in [4.78, 5) is 15.1. The lowest BCUT2D eigenvalue weighted by Gasteiger charge is -1.99. The third-order valence-electron chi connectivity index (χ3n) is 2.28. The van der Waals surface area contributed by atoms with Crippen molar-refractivity contribution < 1.29 is 9.90 Å². The van der Waals surface area contributed by atoms with Crippen LogP contribution in [0.2, 0.25) is 0 Å². The van der Waals surface area contributed by atoms with E-state index in [1.807, 2.05) is 0 Å². The maximum absolute atomic E-state index is 11.1. The smallest absolute Gasteiger partial charge is 0.338 e. The second-order valence-electron chi connectivity index (χ2n) is 3.87. The first-order valence-corrected chi connectivity index (χ1v) is 5.27. The van der Waals surface area contributed by atoms with Gasteiger partial charge in [0.05, 0.1) is 17.3 Å². The zero-order valence-corrected chi connectivity index (χ0v) is 10.0. The fraction of sp³-hybridized carbons (Fsp3) is 0.154. The highest BCUT2D eigenvalue weighted by Crippen LogP contribution is 2.07. The molecule has 2 rings (SSSR count). The van der Waals surface area contributed by atoms with Crippen LogP contribution >= 0.6 is 0 Å². The Morgan fingerprint density at radius 3 is 2.78 bits per heavy atom. The maximum atomic E-state index is 11.1. The molecule has 18 heavy (non-hydrogen) atoms. The molecule has 0 aromatic carbocycles. The van der Waals surface area contributed by atoms with Crippen LogP contribution in [0.15, 0.2) is 24.7 Å². The van der Waals surface area contributed by atoms with Gasteiger partial charge in [-0.1, -0.05) is 5.92 Å². The molecule has 0 atom stereocenters. The van der Waals surface area contributed by atoms with E-state index in [1.165, 1.54) is 0 Å². The maximum Gasteiger partial charge on any atom is 0.338 e. The second kappa shape index (κ2) is 4.72. The van der Waals surface area contributed by atoms with Crippen LogP contribution in [0, 0.1) is 18.8 Å². The summed E-state index contributed by atoms with van der Waals surface area (Å²) in [7, 11) is 1.79. The summed E-state index contributed by atoms with van der Waals surface area (Å²) in [5.74, 6) is 4.57. The monoisotopic (exact) mass is 241 g/mol. The molecule has 0 bridgehead atoms. The molecule has 0 saturated carbocycles. The van der Waals surface area contributed by atoms with Crippen molar-refractivity contribution in [2.75, 3.05) is 0 Å². The fourth-order valence-electron chi connectivity index (χ4n) is 1.45. The first-order chi connectivity index (χ1) is 8.56. The van der Waals surface area contributed by atoms with Crippen molar-refractivity contribution in [1.82, 2.24) is 14.8 Å². The van der Waals surface area contributed by atoms with E-state index in [0.29, 0.717) is 0 Å². The summed E-state index contributed by atoms with van der Waals surface area (Å²) in [5.41, 5.74) is 1.89. The lowest BCUT2D eigenvalue weighted by molar-refractivity contribution is 0.0696. The third kappa shape index (κ3) is 2.55. The molecular formula is C13H11N3O2. The Hall–Kier alpha value is -2.61. The van der Waals surface area contributed by atoms with Gasteiger partial charge in [0.1, 0.15) is 5.69 Å². The number of hydrogen-bond acceptors (Lipinski definition) is 3. The van der Waals surface area contributed by atoms with Crippen LogP contribution < -0.4 is 0 Å². The Morgan fingerprint density at radius 1 is 1.39 bits per heavy atom. The van der Waals surface area contributed by atoms with Crippen molar-refractivity contribution in [3.05, 3.63) is 47.0 Å². The van der Waals surface area contributed by atoms with Crippen molar-refractivity contribution in [3.8, 4) is 11.8 Å². The largest absolute Gasteiger partial charge is 0.478 e. The van der Waals surface area contributed by atoms with Gasteiger partial charge in [-0.25, -0.2) is 9.78 Å². The molecule has 1 N–H and O–H groups in total. The normalized spacial score (nSPS) is 9.67. The summed E-state index contributed by atoms with van der Waals surface area (Å²) in [6, 6.07) is 1.56. The second-order valence-corrected chi connectivity index (χ2v) is 3.87. The molecule has 2 aromatic rings. The van der Waals surface area contributed by atoms with Gasteiger partial charge in [-0.2, -0.15) is 5.10 Å². The van der Waals surface area contributed by atoms with Crippen molar-refractivity contribution in [3.63, 3.8) is 0 Å². The van der Waals surface area contributed by atoms with E-state index in [4.69, 9.17) is 5.11 Å². The molecule has 90 valence electrons. The van der Waals surface area contributed by atoms with E-state index >= 15 is 0 Å². The summed E-state index contributed by atoms with van der Waals surface area (Å²) in [6.45, 7) is 1.79. The number of aromatic carboxylic acids is 1. The Morgan fingerprint density at radius 2 is 2.17 bits per heavy atom. The van der Waals surface area contributed by atoms with Gasteiger partial charge < -0.3 is 5.11 Å². The number of carboxylic acid groups (broad SMARTS) is 1. The number of hydrogen-bond donors (Lipinski definition) is 1. The molecular weight excluding hydrogens is 230 g/mol. The molecule has 2 heterocycles. The number of carboxylic acids is 1. The van der Waals surface area contributed by atoms with Crippen molar-refractivity contribution in [2.45, 2.75) is 6.92 Å². The van der Waals surface area contributed by atoms with Gasteiger partial charge >= 0.3 is 5.97 Å². The topological polar surface area (TPSA) is 68.0 Å². The van der Waals surface area contributed by atoms with Gasteiger partial charge in [0.2, 0.25) is 0 Å². The highest BCUT2D eigenvalue weighted by Gasteiger charge is 2.09. The summed E-state index contributed by atoms with van der Waals surface area (Å²) in [6.07, 6.45) is 4.96. The number of aromatic nitrogens is 3. The zero-order valence-electron chi connectivity index (χ0n) is 10.0. The van der Waals surface area contributed by atoms with E-state index in [2.05, 4.69) is 21.9 Å². The lowest BCUT2D eigenvalue weighted by Crippen LogP contribution is -2.02. The molecule has 0 aliphatic rings. The summed E-state index contributed by atoms with van der Waals surface area (Å²) in [5, 5.41) is 13.0. The number of rotatable bonds is 1. The number of pyridine rings is 1. The molecule has 0 spiro atoms. The third-order valence-corrected chi connectivity index (χ3v) is 2.28. The molecule has 2 aromatic heterocycles. The molecule has 0 saturated heterocycles. The van der Waals surface area contributed by atoms with Crippen LogP contribution in [0.4, 0.5) is 0 Å². The van der Waals surface area contributed by atoms with Gasteiger partial charge in [-0.15, -0.1) is 0 Å². The average molecular weight is 241 g/mol. The highest BCUT2D eigenvalue weighted by molar-refractivity contribution is 5.90. The van der Waals surface area contributed by atoms with E-state index in [0.717, 1.165) is 11.1 Å². The minimum Gasteiger partial charge on any atom is -0.478 e. The zero-order chi connectivity index (χ0) is 13.1. The van der Waals surface area contributed by atoms with Crippen molar-refractivity contribution in [1.29, 1.82) is 0 Å². The summed E-state index contributed by atoms with van der Waals surface area (Å²) >= 11 is 0. The van der Waals surface area contributed by atoms with Crippen LogP contribution in [0.1, 0.15) is 27.2 Å². The first kappa shape index (κ1) is 11.9. The van der Waals surface area contributed by atoms with E-state index < -0.39 is 5.97 Å². The first-order valence-electron chi connectivity index (χ1n) is 5.27. The quantitative estimate of drug-likeness (QED) is 0.762. The van der Waals surface area contributed by atoms with Gasteiger partial charge in [-0.05, 0) is 24.5 Å². The Labute approximate surface area is 104 Å². The molecule has 5 heteroatoms. The van der Waals surface area contributed by atoms with Gasteiger partial charge in [0, 0.05) is 19.4 Å². The van der Waals surface area contributed by atoms with E-state index in [9.17, 15) is 4.79 Å². The lowest BCUT2D eigenvalue weighted by atomic mass is 10.1. The van der Waals surface area contributed by atoms with E-state index in [1.54, 1.807) is 43.3 Å². The highest BCUT2D eigenvalue weighted by atomic mass is 16.4. The minimum absolute atomic E-state index is 0.117. The fourth-order valence-corrected chi connectivity index (χ4v) is 1.45. The van der Waals surface area contributed by atoms with Gasteiger partial charge in [0.25, 0.3) is 0 Å². The van der Waals surface area contributed by atoms with Gasteiger partial charge in [-0.3, -0.25) is 4.68 Å². The van der Waals surface area contributed by atoms with Gasteiger partial charge in [0.15, 0.2) is 0 Å². The van der Waals surface area contributed by atoms with Crippen molar-refractivity contribution in [2.24, 2.45) is 7.05 Å². The van der Waals surface area contributed by atoms with Crippen LogP contribution in [-0.4, -0.2) is 25.8 Å². The Balaban J connectivity index is 2.40. The van der Waals surface area contributed by atoms with Crippen LogP contribution in [0.5, 0.6) is 0 Å². The Bertz CT molecular complexity index is 662. The van der Waals surface area contributed by atoms with E-state index in [-0.39, 0.29) is 11.3 Å².